The van der Waals surface area contributed by atoms with E-state index in [1.807, 2.05) is 36.4 Å². The maximum absolute atomic E-state index is 12.6. The van der Waals surface area contributed by atoms with Gasteiger partial charge in [0.25, 0.3) is 5.91 Å². The number of aromatic nitrogens is 1. The third-order valence-electron chi connectivity index (χ3n) is 4.28. The zero-order valence-corrected chi connectivity index (χ0v) is 19.2. The van der Waals surface area contributed by atoms with Gasteiger partial charge in [0.15, 0.2) is 0 Å². The van der Waals surface area contributed by atoms with Crippen LogP contribution in [0.25, 0.3) is 21.8 Å². The van der Waals surface area contributed by atoms with E-state index < -0.39 is 16.5 Å². The average Bonchev–Trinajstić information content (AvgIpc) is 2.71. The Balaban J connectivity index is 0.000000878. The summed E-state index contributed by atoms with van der Waals surface area (Å²) in [6.45, 7) is 4.46. The number of fused-ring (bicyclic) bond motifs is 2. The van der Waals surface area contributed by atoms with Crippen LogP contribution in [0.15, 0.2) is 42.5 Å². The van der Waals surface area contributed by atoms with Gasteiger partial charge in [0, 0.05) is 17.3 Å². The van der Waals surface area contributed by atoms with Crippen LogP contribution in [0.1, 0.15) is 36.0 Å². The van der Waals surface area contributed by atoms with Crippen molar-refractivity contribution in [1.82, 2.24) is 10.3 Å². The molecule has 0 aliphatic carbocycles. The number of para-hydroxylation sites is 2. The Labute approximate surface area is 182 Å². The minimum absolute atomic E-state index is 0.107. The van der Waals surface area contributed by atoms with Crippen molar-refractivity contribution in [3.63, 3.8) is 0 Å². The topological polar surface area (TPSA) is 68.0 Å². The first-order chi connectivity index (χ1) is 13.6. The number of nitrogen functional groups attached to an aromatic ring is 1. The van der Waals surface area contributed by atoms with E-state index in [1.54, 1.807) is 6.07 Å². The van der Waals surface area contributed by atoms with Gasteiger partial charge in [0.1, 0.15) is 0 Å². The van der Waals surface area contributed by atoms with E-state index in [-0.39, 0.29) is 5.91 Å². The summed E-state index contributed by atoms with van der Waals surface area (Å²) >= 11 is -0.472. The second-order valence-corrected chi connectivity index (χ2v) is 9.40. The molecular weight excluding hydrogens is 576 g/mol. The van der Waals surface area contributed by atoms with Crippen molar-refractivity contribution in [1.29, 1.82) is 0 Å². The van der Waals surface area contributed by atoms with Crippen LogP contribution in [0.5, 0.6) is 0 Å². The van der Waals surface area contributed by atoms with Gasteiger partial charge in [-0.05, 0) is 12.1 Å². The number of nitrogens with one attached hydrogen (secondary N) is 1. The van der Waals surface area contributed by atoms with Crippen molar-refractivity contribution in [2.75, 3.05) is 12.3 Å². The van der Waals surface area contributed by atoms with Crippen LogP contribution >= 0.6 is 18.8 Å². The first-order valence-corrected chi connectivity index (χ1v) is 14.6. The quantitative estimate of drug-likeness (QED) is 0.209. The molecule has 2 aromatic carbocycles. The number of unbranched alkanes of at least 4 members (excludes halogenated alkanes) is 4. The number of anilines is 1. The number of rotatable bonds is 7. The molecule has 4 nitrogen and oxygen atoms in total. The molecule has 152 valence electrons. The first kappa shape index (κ1) is 22.9. The van der Waals surface area contributed by atoms with Crippen molar-refractivity contribution in [2.24, 2.45) is 0 Å². The van der Waals surface area contributed by atoms with Crippen LogP contribution < -0.4 is 11.1 Å². The molecule has 28 heavy (non-hydrogen) atoms. The summed E-state index contributed by atoms with van der Waals surface area (Å²) < 4.78 is 0. The number of carbonyl (C=O) groups excluding carboxylic acids is 1. The summed E-state index contributed by atoms with van der Waals surface area (Å²) in [6.07, 6.45) is 6.07. The molecule has 0 unspecified atom stereocenters. The molecule has 0 atom stereocenters. The number of hydrogen-bond donors (Lipinski definition) is 2. The van der Waals surface area contributed by atoms with Crippen molar-refractivity contribution in [3.05, 3.63) is 61.4 Å². The number of benzene rings is 2. The number of pyridine rings is 1. The number of hydrogen-bond acceptors (Lipinski definition) is 3. The molecule has 1 amide bonds. The van der Waals surface area contributed by atoms with Gasteiger partial charge >= 0.3 is 35.3 Å². The first-order valence-electron chi connectivity index (χ1n) is 8.92. The van der Waals surface area contributed by atoms with Gasteiger partial charge in [0.2, 0.25) is 0 Å². The number of nitrogens with zero attached hydrogens (tertiary/aromatic N) is 1. The van der Waals surface area contributed by atoms with E-state index in [0.717, 1.165) is 42.0 Å². The van der Waals surface area contributed by atoms with Gasteiger partial charge in [-0.1, -0.05) is 36.8 Å². The summed E-state index contributed by atoms with van der Waals surface area (Å²) in [7, 11) is 9.75. The summed E-state index contributed by atoms with van der Waals surface area (Å²) in [4.78, 5) is 17.3. The normalized spacial score (nSPS) is 10.7. The van der Waals surface area contributed by atoms with E-state index in [9.17, 15) is 4.79 Å². The van der Waals surface area contributed by atoms with E-state index in [0.29, 0.717) is 23.3 Å². The van der Waals surface area contributed by atoms with Crippen molar-refractivity contribution in [2.45, 2.75) is 25.7 Å². The van der Waals surface area contributed by atoms with E-state index in [1.165, 1.54) is 0 Å². The van der Waals surface area contributed by atoms with Crippen LogP contribution in [0, 0.1) is 13.3 Å². The molecule has 1 heterocycles. The van der Waals surface area contributed by atoms with Crippen molar-refractivity contribution >= 4 is 52.2 Å². The van der Waals surface area contributed by atoms with Gasteiger partial charge < -0.3 is 24.4 Å². The molecule has 0 radical (unpaired) electrons. The summed E-state index contributed by atoms with van der Waals surface area (Å²) in [5, 5.41) is 4.71. The van der Waals surface area contributed by atoms with Crippen LogP contribution in [-0.2, 0) is 16.5 Å². The fourth-order valence-corrected chi connectivity index (χ4v) is 2.96. The second-order valence-electron chi connectivity index (χ2n) is 6.12. The minimum atomic E-state index is -0.472. The van der Waals surface area contributed by atoms with Gasteiger partial charge in [0.05, 0.1) is 22.3 Å². The zero-order chi connectivity index (χ0) is 20.4. The SMILES string of the molecule is [CH2-]CC[CH-]CCCNC(=O)c1cccc2c(N)c3ccccc3nc12.[Cl][Pt+2][Cl]. The Kier molecular flexibility index (Phi) is 10.0. The molecule has 0 fully saturated rings. The molecule has 0 aliphatic rings. The van der Waals surface area contributed by atoms with Gasteiger partial charge in [-0.25, -0.2) is 17.8 Å². The fourth-order valence-electron chi connectivity index (χ4n) is 2.96. The molecule has 0 spiro atoms. The standard InChI is InChI=1S/C21H23N3O.2ClH.Pt/c1-2-3-4-5-8-14-23-21(25)17-12-9-11-16-19(22)15-10-6-7-13-18(15)24-20(16)17;;;/h4,6-7,9-13H,1-3,5,8,14H2,(H2,22,24)(H,23,25);2*1H;/q-2;;;+4/p-2. The van der Waals surface area contributed by atoms with Crippen molar-refractivity contribution in [3.8, 4) is 0 Å². The average molecular weight is 599 g/mol. The molecule has 3 N–H and O–H groups in total. The number of carbonyl (C=O) groups is 1. The predicted molar refractivity (Wildman–Crippen MR) is 116 cm³/mol. The Hall–Kier alpha value is -1.35. The van der Waals surface area contributed by atoms with Crippen LogP contribution in [-0.4, -0.2) is 17.4 Å². The Morgan fingerprint density at radius 3 is 2.61 bits per heavy atom. The summed E-state index contributed by atoms with van der Waals surface area (Å²) in [5.41, 5.74) is 9.00. The van der Waals surface area contributed by atoms with Crippen molar-refractivity contribution < 1.29 is 21.3 Å². The second kappa shape index (κ2) is 12.3. The molecule has 0 saturated carbocycles. The molecule has 7 heteroatoms. The number of nitrogens with two attached hydrogens (primary N) is 1. The zero-order valence-electron chi connectivity index (χ0n) is 15.4. The van der Waals surface area contributed by atoms with Crippen LogP contribution in [0.2, 0.25) is 0 Å². The molecule has 0 bridgehead atoms. The van der Waals surface area contributed by atoms with Gasteiger partial charge in [-0.15, -0.1) is 0 Å². The van der Waals surface area contributed by atoms with Gasteiger partial charge in [-0.2, -0.15) is 6.42 Å². The molecule has 1 aromatic heterocycles. The Morgan fingerprint density at radius 1 is 1.14 bits per heavy atom. The van der Waals surface area contributed by atoms with E-state index >= 15 is 0 Å². The van der Waals surface area contributed by atoms with Gasteiger partial charge in [-0.3, -0.25) is 4.79 Å². The number of halogens is 2. The molecule has 0 aliphatic heterocycles. The predicted octanol–water partition coefficient (Wildman–Crippen LogP) is 5.68. The summed E-state index contributed by atoms with van der Waals surface area (Å²) in [5.74, 6) is -0.107. The Morgan fingerprint density at radius 2 is 1.86 bits per heavy atom. The number of amides is 1. The molecular formula is C21H23Cl2N3OPt. The third kappa shape index (κ3) is 6.07. The third-order valence-corrected chi connectivity index (χ3v) is 4.28. The van der Waals surface area contributed by atoms with E-state index in [4.69, 9.17) is 24.6 Å². The molecule has 3 aromatic rings. The van der Waals surface area contributed by atoms with Crippen LogP contribution in [0.4, 0.5) is 5.69 Å². The van der Waals surface area contributed by atoms with Crippen LogP contribution in [0.3, 0.4) is 0 Å². The molecule has 0 saturated heterocycles. The van der Waals surface area contributed by atoms with E-state index in [2.05, 4.69) is 23.6 Å². The maximum atomic E-state index is 12.6. The Bertz CT molecular complexity index is 921. The monoisotopic (exact) mass is 598 g/mol. The fraction of sp³-hybridized carbons (Fsp3) is 0.238. The molecule has 3 rings (SSSR count). The summed E-state index contributed by atoms with van der Waals surface area (Å²) in [6, 6.07) is 13.3.